The zero-order valence-corrected chi connectivity index (χ0v) is 13.9. The van der Waals surface area contributed by atoms with Crippen molar-refractivity contribution in [1.82, 2.24) is 5.32 Å². The highest BCUT2D eigenvalue weighted by molar-refractivity contribution is 8.06. The molecule has 0 aliphatic carbocycles. The van der Waals surface area contributed by atoms with Gasteiger partial charge in [0.2, 0.25) is 0 Å². The Morgan fingerprint density at radius 1 is 1.41 bits per heavy atom. The molecule has 0 radical (unpaired) electrons. The molecule has 0 aliphatic heterocycles. The lowest BCUT2D eigenvalue weighted by molar-refractivity contribution is 0.0966. The minimum Gasteiger partial charge on any atom is -0.507 e. The highest BCUT2D eigenvalue weighted by Gasteiger charge is 2.19. The number of para-hydroxylation sites is 1. The average Bonchev–Trinajstić information content (AvgIpc) is 2.44. The largest absolute Gasteiger partial charge is 0.507 e. The lowest BCUT2D eigenvalue weighted by Crippen LogP contribution is -2.22. The van der Waals surface area contributed by atoms with Crippen LogP contribution in [0.3, 0.4) is 0 Å². The lowest BCUT2D eigenvalue weighted by atomic mass is 10.2. The molecule has 8 heteroatoms. The van der Waals surface area contributed by atoms with Crippen molar-refractivity contribution in [2.75, 3.05) is 0 Å². The second-order valence-electron chi connectivity index (χ2n) is 4.63. The van der Waals surface area contributed by atoms with Gasteiger partial charge in [0.05, 0.1) is 15.8 Å². The van der Waals surface area contributed by atoms with Crippen molar-refractivity contribution in [3.63, 3.8) is 0 Å². The normalized spacial score (nSPS) is 12.2. The Labute approximate surface area is 134 Å². The third-order valence-electron chi connectivity index (χ3n) is 2.67. The van der Waals surface area contributed by atoms with Gasteiger partial charge in [-0.1, -0.05) is 30.5 Å². The number of sulfone groups is 1. The quantitative estimate of drug-likeness (QED) is 0.728. The molecule has 0 heterocycles. The first-order chi connectivity index (χ1) is 10.2. The zero-order chi connectivity index (χ0) is 16.9. The number of thioether (sulfide) groups is 1. The molecular formula is C14H18N2O4S2. The first kappa shape index (κ1) is 18.1. The molecule has 0 atom stereocenters. The fraction of sp³-hybridized carbons (Fsp3) is 0.214. The summed E-state index contributed by atoms with van der Waals surface area (Å²) in [4.78, 5) is 11.9. The first-order valence-corrected chi connectivity index (χ1v) is 8.73. The van der Waals surface area contributed by atoms with Crippen molar-refractivity contribution in [1.29, 1.82) is 0 Å². The molecule has 1 aromatic rings. The SMILES string of the molecule is C=C(NC(=O)c1ccccc1O)S/C=C(\N)S(=O)(=O)C(C)C. The van der Waals surface area contributed by atoms with Gasteiger partial charge in [-0.2, -0.15) is 0 Å². The summed E-state index contributed by atoms with van der Waals surface area (Å²) in [7, 11) is -3.54. The monoisotopic (exact) mass is 342 g/mol. The van der Waals surface area contributed by atoms with E-state index in [1.165, 1.54) is 31.4 Å². The van der Waals surface area contributed by atoms with Crippen molar-refractivity contribution in [2.24, 2.45) is 5.73 Å². The fourth-order valence-corrected chi connectivity index (χ4v) is 2.99. The van der Waals surface area contributed by atoms with Crippen LogP contribution in [0.2, 0.25) is 0 Å². The van der Waals surface area contributed by atoms with Crippen molar-refractivity contribution in [3.05, 3.63) is 51.9 Å². The van der Waals surface area contributed by atoms with Crippen molar-refractivity contribution >= 4 is 27.5 Å². The van der Waals surface area contributed by atoms with Crippen LogP contribution in [-0.4, -0.2) is 24.7 Å². The van der Waals surface area contributed by atoms with Crippen LogP contribution in [0.4, 0.5) is 0 Å². The Morgan fingerprint density at radius 3 is 2.55 bits per heavy atom. The number of hydrogen-bond acceptors (Lipinski definition) is 6. The summed E-state index contributed by atoms with van der Waals surface area (Å²) in [6, 6.07) is 6.04. The highest BCUT2D eigenvalue weighted by atomic mass is 32.2. The summed E-state index contributed by atoms with van der Waals surface area (Å²) in [5, 5.41) is 12.5. The summed E-state index contributed by atoms with van der Waals surface area (Å²) in [6.07, 6.45) is 0. The summed E-state index contributed by atoms with van der Waals surface area (Å²) >= 11 is 0.883. The molecule has 4 N–H and O–H groups in total. The molecule has 0 aliphatic rings. The van der Waals surface area contributed by atoms with Crippen LogP contribution < -0.4 is 11.1 Å². The summed E-state index contributed by atoms with van der Waals surface area (Å²) in [5.74, 6) is -0.704. The molecule has 0 fully saturated rings. The Balaban J connectivity index is 2.72. The molecule has 0 unspecified atom stereocenters. The van der Waals surface area contributed by atoms with Crippen LogP contribution in [-0.2, 0) is 9.84 Å². The van der Waals surface area contributed by atoms with Crippen LogP contribution in [0.5, 0.6) is 5.75 Å². The predicted octanol–water partition coefficient (Wildman–Crippen LogP) is 1.91. The number of carbonyl (C=O) groups is 1. The van der Waals surface area contributed by atoms with Crippen LogP contribution in [0, 0.1) is 0 Å². The molecule has 0 bridgehead atoms. The Kier molecular flexibility index (Phi) is 6.07. The van der Waals surface area contributed by atoms with Crippen molar-refractivity contribution in [2.45, 2.75) is 19.1 Å². The number of aromatic hydroxyl groups is 1. The lowest BCUT2D eigenvalue weighted by Gasteiger charge is -2.09. The van der Waals surface area contributed by atoms with E-state index in [-0.39, 0.29) is 21.4 Å². The van der Waals surface area contributed by atoms with Crippen LogP contribution in [0.15, 0.2) is 46.3 Å². The highest BCUT2D eigenvalue weighted by Crippen LogP contribution is 2.20. The van der Waals surface area contributed by atoms with Gasteiger partial charge < -0.3 is 16.2 Å². The number of benzene rings is 1. The number of nitrogens with two attached hydrogens (primary N) is 1. The Bertz CT molecular complexity index is 709. The van der Waals surface area contributed by atoms with Gasteiger partial charge in [0.15, 0.2) is 9.84 Å². The summed E-state index contributed by atoms with van der Waals surface area (Å²) < 4.78 is 23.5. The van der Waals surface area contributed by atoms with Crippen LogP contribution in [0.25, 0.3) is 0 Å². The number of carbonyl (C=O) groups excluding carboxylic acids is 1. The summed E-state index contributed by atoms with van der Waals surface area (Å²) in [5.41, 5.74) is 5.62. The smallest absolute Gasteiger partial charge is 0.259 e. The van der Waals surface area contributed by atoms with E-state index in [0.29, 0.717) is 0 Å². The molecule has 1 rings (SSSR count). The van der Waals surface area contributed by atoms with E-state index >= 15 is 0 Å². The van der Waals surface area contributed by atoms with E-state index in [4.69, 9.17) is 5.73 Å². The van der Waals surface area contributed by atoms with E-state index in [0.717, 1.165) is 11.8 Å². The van der Waals surface area contributed by atoms with Gasteiger partial charge in [-0.3, -0.25) is 4.79 Å². The van der Waals surface area contributed by atoms with Crippen molar-refractivity contribution < 1.29 is 18.3 Å². The molecule has 120 valence electrons. The Morgan fingerprint density at radius 2 is 2.00 bits per heavy atom. The third kappa shape index (κ3) is 4.54. The molecule has 0 saturated heterocycles. The number of nitrogens with one attached hydrogen (secondary N) is 1. The second-order valence-corrected chi connectivity index (χ2v) is 8.09. The molecule has 6 nitrogen and oxygen atoms in total. The molecule has 1 amide bonds. The van der Waals surface area contributed by atoms with Gasteiger partial charge in [-0.25, -0.2) is 8.42 Å². The topological polar surface area (TPSA) is 109 Å². The summed E-state index contributed by atoms with van der Waals surface area (Å²) in [6.45, 7) is 6.65. The van der Waals surface area contributed by atoms with Gasteiger partial charge in [0.1, 0.15) is 10.8 Å². The fourth-order valence-electron chi connectivity index (χ4n) is 1.36. The number of amides is 1. The van der Waals surface area contributed by atoms with Crippen LogP contribution in [0.1, 0.15) is 24.2 Å². The van der Waals surface area contributed by atoms with Crippen LogP contribution >= 0.6 is 11.8 Å². The first-order valence-electron chi connectivity index (χ1n) is 6.30. The van der Waals surface area contributed by atoms with E-state index < -0.39 is 21.0 Å². The molecule has 1 aromatic carbocycles. The van der Waals surface area contributed by atoms with Crippen molar-refractivity contribution in [3.8, 4) is 5.75 Å². The number of hydrogen-bond donors (Lipinski definition) is 3. The third-order valence-corrected chi connectivity index (χ3v) is 5.59. The Hall–Kier alpha value is -1.93. The van der Waals surface area contributed by atoms with Gasteiger partial charge in [0.25, 0.3) is 5.91 Å². The average molecular weight is 342 g/mol. The standard InChI is InChI=1S/C14H18N2O4S2/c1-9(2)22(19,20)13(15)8-21-10(3)16-14(18)11-6-4-5-7-12(11)17/h4-9,17H,3,15H2,1-2H3,(H,16,18)/b13-8+. The van der Waals surface area contributed by atoms with Gasteiger partial charge in [0, 0.05) is 5.41 Å². The van der Waals surface area contributed by atoms with E-state index in [9.17, 15) is 18.3 Å². The molecule has 0 saturated carbocycles. The van der Waals surface area contributed by atoms with Gasteiger partial charge in [-0.15, -0.1) is 0 Å². The molecule has 22 heavy (non-hydrogen) atoms. The maximum absolute atomic E-state index is 11.9. The zero-order valence-electron chi connectivity index (χ0n) is 12.2. The maximum Gasteiger partial charge on any atom is 0.259 e. The molecule has 0 spiro atoms. The second kappa shape index (κ2) is 7.37. The number of rotatable bonds is 6. The molecule has 0 aromatic heterocycles. The van der Waals surface area contributed by atoms with Gasteiger partial charge >= 0.3 is 0 Å². The number of phenolic OH excluding ortho intramolecular Hbond substituents is 1. The molecular weight excluding hydrogens is 324 g/mol. The van der Waals surface area contributed by atoms with E-state index in [1.807, 2.05) is 0 Å². The predicted molar refractivity (Wildman–Crippen MR) is 88.6 cm³/mol. The maximum atomic E-state index is 11.9. The minimum atomic E-state index is -3.54. The number of phenols is 1. The van der Waals surface area contributed by atoms with E-state index in [2.05, 4.69) is 11.9 Å². The van der Waals surface area contributed by atoms with E-state index in [1.54, 1.807) is 12.1 Å². The van der Waals surface area contributed by atoms with Gasteiger partial charge in [-0.05, 0) is 26.0 Å². The minimum absolute atomic E-state index is 0.0935.